The van der Waals surface area contributed by atoms with E-state index in [-0.39, 0.29) is 27.7 Å². The number of ether oxygens (including phenoxy) is 1. The van der Waals surface area contributed by atoms with Crippen LogP contribution in [0.25, 0.3) is 17.1 Å². The molecule has 0 N–H and O–H groups in total. The number of imidazole rings is 1. The summed E-state index contributed by atoms with van der Waals surface area (Å²) < 4.78 is 82.5. The minimum atomic E-state index is -4.70. The van der Waals surface area contributed by atoms with Crippen molar-refractivity contribution in [2.45, 2.75) is 11.1 Å². The van der Waals surface area contributed by atoms with E-state index in [1.54, 1.807) is 0 Å². The number of aromatic nitrogens is 2. The molecule has 0 unspecified atom stereocenters. The first kappa shape index (κ1) is 19.9. The van der Waals surface area contributed by atoms with E-state index >= 15 is 0 Å². The van der Waals surface area contributed by atoms with Gasteiger partial charge in [-0.2, -0.15) is 13.2 Å². The highest BCUT2D eigenvalue weighted by molar-refractivity contribution is 7.90. The van der Waals surface area contributed by atoms with Gasteiger partial charge in [0.15, 0.2) is 27.1 Å². The standard InChI is InChI=1S/C18H14F4N2O3S/c1-27-15-9-11(3-8-14(15)19)17-23-16(18(20,21)22)10-24(17)12-4-6-13(7-5-12)28(2,25)26/h3-10H,1-2H3. The molecular formula is C18H14F4N2O3S. The van der Waals surface area contributed by atoms with Crippen molar-refractivity contribution in [3.8, 4) is 22.8 Å². The average Bonchev–Trinajstić information content (AvgIpc) is 3.07. The van der Waals surface area contributed by atoms with Crippen molar-refractivity contribution in [1.29, 1.82) is 0 Å². The van der Waals surface area contributed by atoms with Gasteiger partial charge in [0.25, 0.3) is 0 Å². The highest BCUT2D eigenvalue weighted by atomic mass is 32.2. The SMILES string of the molecule is COc1cc(-c2nc(C(F)(F)F)cn2-c2ccc(S(C)(=O)=O)cc2)ccc1F. The number of methoxy groups -OCH3 is 1. The lowest BCUT2D eigenvalue weighted by Gasteiger charge is -2.10. The third kappa shape index (κ3) is 3.86. The predicted octanol–water partition coefficient (Wildman–Crippen LogP) is 4.11. The van der Waals surface area contributed by atoms with Gasteiger partial charge in [-0.05, 0) is 42.5 Å². The maximum Gasteiger partial charge on any atom is 0.434 e. The summed E-state index contributed by atoms with van der Waals surface area (Å²) in [4.78, 5) is 3.67. The first-order valence-electron chi connectivity index (χ1n) is 7.81. The normalized spacial score (nSPS) is 12.2. The summed E-state index contributed by atoms with van der Waals surface area (Å²) in [6.07, 6.45) is -2.88. The summed E-state index contributed by atoms with van der Waals surface area (Å²) in [5.74, 6) is -0.913. The number of hydrogen-bond donors (Lipinski definition) is 0. The van der Waals surface area contributed by atoms with Gasteiger partial charge in [-0.25, -0.2) is 17.8 Å². The van der Waals surface area contributed by atoms with Gasteiger partial charge in [-0.3, -0.25) is 4.57 Å². The van der Waals surface area contributed by atoms with Crippen molar-refractivity contribution < 1.29 is 30.7 Å². The zero-order valence-electron chi connectivity index (χ0n) is 14.7. The molecule has 5 nitrogen and oxygen atoms in total. The Bertz CT molecular complexity index is 1120. The molecule has 0 amide bonds. The number of halogens is 4. The zero-order valence-corrected chi connectivity index (χ0v) is 15.5. The Labute approximate surface area is 158 Å². The molecule has 0 saturated carbocycles. The second-order valence-electron chi connectivity index (χ2n) is 5.93. The van der Waals surface area contributed by atoms with Crippen LogP contribution in [0.1, 0.15) is 5.69 Å². The molecule has 3 aromatic rings. The number of nitrogens with zero attached hydrogens (tertiary/aromatic N) is 2. The number of alkyl halides is 3. The molecule has 0 saturated heterocycles. The van der Waals surface area contributed by atoms with Crippen LogP contribution in [0.4, 0.5) is 17.6 Å². The molecule has 1 heterocycles. The molecule has 3 rings (SSSR count). The van der Waals surface area contributed by atoms with E-state index in [0.717, 1.165) is 23.1 Å². The monoisotopic (exact) mass is 414 g/mol. The first-order valence-corrected chi connectivity index (χ1v) is 9.71. The molecule has 0 spiro atoms. The first-order chi connectivity index (χ1) is 13.0. The van der Waals surface area contributed by atoms with Gasteiger partial charge < -0.3 is 4.74 Å². The molecule has 2 aromatic carbocycles. The van der Waals surface area contributed by atoms with Crippen LogP contribution in [0.5, 0.6) is 5.75 Å². The molecule has 0 aliphatic carbocycles. The largest absolute Gasteiger partial charge is 0.494 e. The van der Waals surface area contributed by atoms with Gasteiger partial charge in [-0.15, -0.1) is 0 Å². The maximum atomic E-state index is 13.7. The van der Waals surface area contributed by atoms with Crippen LogP contribution in [0.2, 0.25) is 0 Å². The second-order valence-corrected chi connectivity index (χ2v) is 7.95. The zero-order chi connectivity index (χ0) is 20.7. The molecule has 0 fully saturated rings. The topological polar surface area (TPSA) is 61.2 Å². The number of benzene rings is 2. The van der Waals surface area contributed by atoms with E-state index < -0.39 is 27.5 Å². The molecule has 148 valence electrons. The van der Waals surface area contributed by atoms with Crippen LogP contribution in [0.3, 0.4) is 0 Å². The Hall–Kier alpha value is -2.88. The summed E-state index contributed by atoms with van der Waals surface area (Å²) in [5.41, 5.74) is -0.687. The Kier molecular flexibility index (Phi) is 4.92. The molecule has 0 atom stereocenters. The van der Waals surface area contributed by atoms with Crippen molar-refractivity contribution in [3.63, 3.8) is 0 Å². The second kappa shape index (κ2) is 6.93. The van der Waals surface area contributed by atoms with E-state index in [2.05, 4.69) is 4.98 Å². The fraction of sp³-hybridized carbons (Fsp3) is 0.167. The molecule has 0 aliphatic heterocycles. The highest BCUT2D eigenvalue weighted by Crippen LogP contribution is 2.34. The van der Waals surface area contributed by atoms with Crippen LogP contribution < -0.4 is 4.74 Å². The summed E-state index contributed by atoms with van der Waals surface area (Å²) in [5, 5.41) is 0. The third-order valence-electron chi connectivity index (χ3n) is 3.95. The molecule has 10 heteroatoms. The lowest BCUT2D eigenvalue weighted by molar-refractivity contribution is -0.140. The Morgan fingerprint density at radius 3 is 2.25 bits per heavy atom. The van der Waals surface area contributed by atoms with E-state index in [1.165, 1.54) is 43.5 Å². The van der Waals surface area contributed by atoms with Crippen molar-refractivity contribution >= 4 is 9.84 Å². The summed E-state index contributed by atoms with van der Waals surface area (Å²) in [7, 11) is -2.22. The van der Waals surface area contributed by atoms with Crippen LogP contribution in [0.15, 0.2) is 53.6 Å². The molecule has 0 radical (unpaired) electrons. The van der Waals surface area contributed by atoms with Crippen LogP contribution in [-0.2, 0) is 16.0 Å². The highest BCUT2D eigenvalue weighted by Gasteiger charge is 2.35. The summed E-state index contributed by atoms with van der Waals surface area (Å²) >= 11 is 0. The quantitative estimate of drug-likeness (QED) is 0.603. The molecule has 0 aliphatic rings. The molecule has 1 aromatic heterocycles. The third-order valence-corrected chi connectivity index (χ3v) is 5.08. The summed E-state index contributed by atoms with van der Waals surface area (Å²) in [6.45, 7) is 0. The van der Waals surface area contributed by atoms with Crippen LogP contribution in [-0.4, -0.2) is 31.3 Å². The minimum absolute atomic E-state index is 0.0254. The van der Waals surface area contributed by atoms with E-state index in [0.29, 0.717) is 0 Å². The predicted molar refractivity (Wildman–Crippen MR) is 93.6 cm³/mol. The fourth-order valence-electron chi connectivity index (χ4n) is 2.57. The smallest absolute Gasteiger partial charge is 0.434 e. The van der Waals surface area contributed by atoms with Crippen molar-refractivity contribution in [2.75, 3.05) is 13.4 Å². The Morgan fingerprint density at radius 1 is 1.07 bits per heavy atom. The van der Waals surface area contributed by atoms with E-state index in [4.69, 9.17) is 4.74 Å². The van der Waals surface area contributed by atoms with E-state index in [1.807, 2.05) is 0 Å². The van der Waals surface area contributed by atoms with Gasteiger partial charge in [0.05, 0.1) is 12.0 Å². The van der Waals surface area contributed by atoms with Crippen LogP contribution >= 0.6 is 0 Å². The van der Waals surface area contributed by atoms with Crippen molar-refractivity contribution in [3.05, 3.63) is 60.2 Å². The van der Waals surface area contributed by atoms with Crippen molar-refractivity contribution in [1.82, 2.24) is 9.55 Å². The molecule has 0 bridgehead atoms. The lowest BCUT2D eigenvalue weighted by atomic mass is 10.2. The van der Waals surface area contributed by atoms with Gasteiger partial charge in [0, 0.05) is 23.7 Å². The Morgan fingerprint density at radius 2 is 1.71 bits per heavy atom. The Balaban J connectivity index is 2.19. The number of sulfone groups is 1. The summed E-state index contributed by atoms with van der Waals surface area (Å²) in [6, 6.07) is 8.87. The maximum absolute atomic E-state index is 13.7. The average molecular weight is 414 g/mol. The lowest BCUT2D eigenvalue weighted by Crippen LogP contribution is -2.05. The van der Waals surface area contributed by atoms with E-state index in [9.17, 15) is 26.0 Å². The number of hydrogen-bond acceptors (Lipinski definition) is 4. The van der Waals surface area contributed by atoms with Gasteiger partial charge >= 0.3 is 6.18 Å². The molecule has 28 heavy (non-hydrogen) atoms. The van der Waals surface area contributed by atoms with Gasteiger partial charge in [0.1, 0.15) is 5.82 Å². The van der Waals surface area contributed by atoms with Crippen LogP contribution in [0, 0.1) is 5.82 Å². The minimum Gasteiger partial charge on any atom is -0.494 e. The van der Waals surface area contributed by atoms with Crippen molar-refractivity contribution in [2.24, 2.45) is 0 Å². The number of rotatable bonds is 4. The van der Waals surface area contributed by atoms with Gasteiger partial charge in [0.2, 0.25) is 0 Å². The van der Waals surface area contributed by atoms with Gasteiger partial charge in [-0.1, -0.05) is 0 Å². The fourth-order valence-corrected chi connectivity index (χ4v) is 3.20. The molecular weight excluding hydrogens is 400 g/mol.